The standard InChI is InChI=1S/C22H32N2O2S/c23-20-8-6-19-17(7-9-21(25)22(19)26)18(20)5-3-1-2-4-12-24-13-10-16-11-14-27-15-16/h7,9,11,14-15,18,20,24-26H,1-6,8,10,12-13,23H2. The largest absolute Gasteiger partial charge is 0.504 e. The van der Waals surface area contributed by atoms with Gasteiger partial charge in [-0.3, -0.25) is 0 Å². The van der Waals surface area contributed by atoms with Crippen LogP contribution in [-0.2, 0) is 12.8 Å². The molecule has 148 valence electrons. The van der Waals surface area contributed by atoms with Gasteiger partial charge >= 0.3 is 0 Å². The Bertz CT molecular complexity index is 703. The van der Waals surface area contributed by atoms with Crippen LogP contribution in [0, 0.1) is 0 Å². The Morgan fingerprint density at radius 2 is 1.93 bits per heavy atom. The van der Waals surface area contributed by atoms with Crippen molar-refractivity contribution >= 4 is 11.3 Å². The van der Waals surface area contributed by atoms with Crippen molar-refractivity contribution in [1.29, 1.82) is 0 Å². The molecular formula is C22H32N2O2S. The highest BCUT2D eigenvalue weighted by atomic mass is 32.1. The predicted octanol–water partition coefficient (Wildman–Crippen LogP) is 4.30. The number of aromatic hydroxyl groups is 2. The van der Waals surface area contributed by atoms with E-state index in [1.807, 2.05) is 6.07 Å². The molecule has 27 heavy (non-hydrogen) atoms. The highest BCUT2D eigenvalue weighted by Crippen LogP contribution is 2.42. The highest BCUT2D eigenvalue weighted by molar-refractivity contribution is 7.07. The Morgan fingerprint density at radius 1 is 1.07 bits per heavy atom. The fraction of sp³-hybridized carbons (Fsp3) is 0.545. The molecule has 2 atom stereocenters. The van der Waals surface area contributed by atoms with Crippen molar-refractivity contribution in [2.24, 2.45) is 5.73 Å². The average molecular weight is 389 g/mol. The molecule has 1 aliphatic rings. The molecule has 5 N–H and O–H groups in total. The van der Waals surface area contributed by atoms with Gasteiger partial charge in [0.1, 0.15) is 0 Å². The van der Waals surface area contributed by atoms with E-state index in [0.29, 0.717) is 5.92 Å². The summed E-state index contributed by atoms with van der Waals surface area (Å²) >= 11 is 1.76. The lowest BCUT2D eigenvalue weighted by molar-refractivity contribution is 0.380. The fourth-order valence-corrected chi connectivity index (χ4v) is 4.83. The van der Waals surface area contributed by atoms with Crippen molar-refractivity contribution in [2.75, 3.05) is 13.1 Å². The molecule has 1 aliphatic carbocycles. The zero-order chi connectivity index (χ0) is 19.1. The molecule has 4 nitrogen and oxygen atoms in total. The zero-order valence-corrected chi connectivity index (χ0v) is 16.8. The van der Waals surface area contributed by atoms with E-state index in [1.54, 1.807) is 17.4 Å². The summed E-state index contributed by atoms with van der Waals surface area (Å²) in [4.78, 5) is 0. The van der Waals surface area contributed by atoms with Gasteiger partial charge in [-0.15, -0.1) is 0 Å². The molecule has 2 aromatic rings. The van der Waals surface area contributed by atoms with E-state index >= 15 is 0 Å². The molecule has 0 bridgehead atoms. The number of hydrogen-bond donors (Lipinski definition) is 4. The second-order valence-electron chi connectivity index (χ2n) is 7.64. The lowest BCUT2D eigenvalue weighted by Gasteiger charge is -2.32. The number of nitrogens with one attached hydrogen (secondary N) is 1. The summed E-state index contributed by atoms with van der Waals surface area (Å²) in [7, 11) is 0. The molecule has 1 heterocycles. The second kappa shape index (κ2) is 10.1. The first-order chi connectivity index (χ1) is 13.2. The summed E-state index contributed by atoms with van der Waals surface area (Å²) in [6, 6.07) is 5.90. The van der Waals surface area contributed by atoms with Gasteiger partial charge in [-0.25, -0.2) is 0 Å². The maximum Gasteiger partial charge on any atom is 0.160 e. The molecule has 3 rings (SSSR count). The van der Waals surface area contributed by atoms with Gasteiger partial charge in [-0.05, 0) is 85.1 Å². The zero-order valence-electron chi connectivity index (χ0n) is 16.0. The first kappa shape index (κ1) is 20.2. The summed E-state index contributed by atoms with van der Waals surface area (Å²) < 4.78 is 0. The van der Waals surface area contributed by atoms with Gasteiger partial charge in [-0.2, -0.15) is 11.3 Å². The molecule has 0 saturated heterocycles. The average Bonchev–Trinajstić information content (AvgIpc) is 3.18. The molecule has 0 fully saturated rings. The molecule has 1 aromatic carbocycles. The summed E-state index contributed by atoms with van der Waals surface area (Å²) in [5, 5.41) is 27.7. The van der Waals surface area contributed by atoms with Gasteiger partial charge in [0.25, 0.3) is 0 Å². The van der Waals surface area contributed by atoms with Gasteiger partial charge in [0, 0.05) is 11.6 Å². The number of thiophene rings is 1. The fourth-order valence-electron chi connectivity index (χ4n) is 4.12. The Kier molecular flexibility index (Phi) is 7.56. The minimum Gasteiger partial charge on any atom is -0.504 e. The molecule has 0 aliphatic heterocycles. The van der Waals surface area contributed by atoms with E-state index in [0.717, 1.165) is 56.3 Å². The number of benzene rings is 1. The van der Waals surface area contributed by atoms with Crippen molar-refractivity contribution < 1.29 is 10.2 Å². The Labute approximate surface area is 166 Å². The third-order valence-electron chi connectivity index (χ3n) is 5.73. The Morgan fingerprint density at radius 3 is 2.74 bits per heavy atom. The third-order valence-corrected chi connectivity index (χ3v) is 6.46. The van der Waals surface area contributed by atoms with Gasteiger partial charge in [0.15, 0.2) is 11.5 Å². The SMILES string of the molecule is NC1CCc2c(ccc(O)c2O)C1CCCCCCNCCc1ccsc1. The second-order valence-corrected chi connectivity index (χ2v) is 8.42. The Hall–Kier alpha value is -1.56. The first-order valence-electron chi connectivity index (χ1n) is 10.2. The van der Waals surface area contributed by atoms with E-state index in [4.69, 9.17) is 5.73 Å². The lowest BCUT2D eigenvalue weighted by atomic mass is 9.76. The quantitative estimate of drug-likeness (QED) is 0.361. The van der Waals surface area contributed by atoms with Crippen LogP contribution in [0.1, 0.15) is 61.1 Å². The van der Waals surface area contributed by atoms with Gasteiger partial charge in [0.05, 0.1) is 0 Å². The molecule has 0 amide bonds. The minimum atomic E-state index is -0.0190. The normalized spacial score (nSPS) is 19.1. The van der Waals surface area contributed by atoms with E-state index in [2.05, 4.69) is 22.1 Å². The summed E-state index contributed by atoms with van der Waals surface area (Å²) in [5.74, 6) is 0.330. The number of hydrogen-bond acceptors (Lipinski definition) is 5. The number of phenolic OH excluding ortho intramolecular Hbond substituents is 2. The highest BCUT2D eigenvalue weighted by Gasteiger charge is 2.29. The van der Waals surface area contributed by atoms with E-state index in [9.17, 15) is 10.2 Å². The topological polar surface area (TPSA) is 78.5 Å². The van der Waals surface area contributed by atoms with Crippen LogP contribution in [0.5, 0.6) is 11.5 Å². The molecule has 0 spiro atoms. The maximum atomic E-state index is 10.1. The van der Waals surface area contributed by atoms with E-state index < -0.39 is 0 Å². The number of rotatable bonds is 10. The lowest BCUT2D eigenvalue weighted by Crippen LogP contribution is -2.33. The summed E-state index contributed by atoms with van der Waals surface area (Å²) in [6.45, 7) is 2.14. The smallest absolute Gasteiger partial charge is 0.160 e. The van der Waals surface area contributed by atoms with Crippen LogP contribution in [0.3, 0.4) is 0 Å². The number of nitrogens with two attached hydrogens (primary N) is 1. The van der Waals surface area contributed by atoms with Crippen LogP contribution in [0.25, 0.3) is 0 Å². The van der Waals surface area contributed by atoms with Crippen LogP contribution < -0.4 is 11.1 Å². The van der Waals surface area contributed by atoms with Crippen LogP contribution in [0.2, 0.25) is 0 Å². The summed E-state index contributed by atoms with van der Waals surface area (Å²) in [5.41, 5.74) is 9.83. The van der Waals surface area contributed by atoms with Crippen LogP contribution >= 0.6 is 11.3 Å². The van der Waals surface area contributed by atoms with Crippen molar-refractivity contribution in [3.05, 3.63) is 45.6 Å². The van der Waals surface area contributed by atoms with Crippen LogP contribution in [0.4, 0.5) is 0 Å². The monoisotopic (exact) mass is 388 g/mol. The molecule has 0 saturated carbocycles. The molecule has 1 aromatic heterocycles. The Balaban J connectivity index is 1.33. The maximum absolute atomic E-state index is 10.1. The molecular weight excluding hydrogens is 356 g/mol. The predicted molar refractivity (Wildman–Crippen MR) is 113 cm³/mol. The first-order valence-corrected chi connectivity index (χ1v) is 11.1. The third kappa shape index (κ3) is 5.47. The van der Waals surface area contributed by atoms with Gasteiger partial charge in [-0.1, -0.05) is 25.3 Å². The van der Waals surface area contributed by atoms with Gasteiger partial charge < -0.3 is 21.3 Å². The van der Waals surface area contributed by atoms with Crippen molar-refractivity contribution in [3.63, 3.8) is 0 Å². The molecule has 2 unspecified atom stereocenters. The van der Waals surface area contributed by atoms with Crippen LogP contribution in [0.15, 0.2) is 29.0 Å². The molecule has 5 heteroatoms. The van der Waals surface area contributed by atoms with Crippen LogP contribution in [-0.4, -0.2) is 29.3 Å². The van der Waals surface area contributed by atoms with E-state index in [-0.39, 0.29) is 17.5 Å². The van der Waals surface area contributed by atoms with Gasteiger partial charge in [0.2, 0.25) is 0 Å². The number of fused-ring (bicyclic) bond motifs is 1. The van der Waals surface area contributed by atoms with Crippen molar-refractivity contribution in [3.8, 4) is 11.5 Å². The molecule has 0 radical (unpaired) electrons. The van der Waals surface area contributed by atoms with Crippen molar-refractivity contribution in [2.45, 2.75) is 63.3 Å². The number of unbranched alkanes of at least 4 members (excludes halogenated alkanes) is 3. The number of phenols is 2. The minimum absolute atomic E-state index is 0.0190. The summed E-state index contributed by atoms with van der Waals surface area (Å²) in [6.07, 6.45) is 8.64. The van der Waals surface area contributed by atoms with E-state index in [1.165, 1.54) is 24.8 Å². The van der Waals surface area contributed by atoms with Crippen molar-refractivity contribution in [1.82, 2.24) is 5.32 Å².